The summed E-state index contributed by atoms with van der Waals surface area (Å²) in [6.45, 7) is 6.27. The summed E-state index contributed by atoms with van der Waals surface area (Å²) >= 11 is 1.41. The number of aromatic nitrogens is 1. The van der Waals surface area contributed by atoms with E-state index in [2.05, 4.69) is 10.2 Å². The first-order valence-electron chi connectivity index (χ1n) is 11.6. The van der Waals surface area contributed by atoms with Gasteiger partial charge in [-0.25, -0.2) is 13.4 Å². The number of hydrogen-bond donors (Lipinski definition) is 3. The average Bonchev–Trinajstić information content (AvgIpc) is 3.23. The Morgan fingerprint density at radius 1 is 1.14 bits per heavy atom. The lowest BCUT2D eigenvalue weighted by molar-refractivity contribution is 0.0786. The van der Waals surface area contributed by atoms with Gasteiger partial charge >= 0.3 is 0 Å². The monoisotopic (exact) mass is 529 g/mol. The maximum Gasteiger partial charge on any atom is 0.251 e. The highest BCUT2D eigenvalue weighted by Crippen LogP contribution is 2.37. The van der Waals surface area contributed by atoms with E-state index in [4.69, 9.17) is 10.7 Å². The first-order chi connectivity index (χ1) is 16.9. The summed E-state index contributed by atoms with van der Waals surface area (Å²) in [5.74, 6) is 0.0589. The minimum atomic E-state index is -3.17. The number of piperazine rings is 1. The Labute approximate surface area is 215 Å². The van der Waals surface area contributed by atoms with Crippen molar-refractivity contribution in [2.24, 2.45) is 5.73 Å². The van der Waals surface area contributed by atoms with Gasteiger partial charge < -0.3 is 16.2 Å². The fourth-order valence-electron chi connectivity index (χ4n) is 4.05. The molecule has 36 heavy (non-hydrogen) atoms. The van der Waals surface area contributed by atoms with Crippen molar-refractivity contribution in [3.8, 4) is 10.4 Å². The van der Waals surface area contributed by atoms with E-state index in [0.29, 0.717) is 49.1 Å². The first kappa shape index (κ1) is 26.2. The molecule has 4 rings (SSSR count). The average molecular weight is 530 g/mol. The topological polar surface area (TPSA) is 129 Å². The van der Waals surface area contributed by atoms with E-state index in [0.717, 1.165) is 21.7 Å². The highest BCUT2D eigenvalue weighted by Gasteiger charge is 2.24. The zero-order valence-electron chi connectivity index (χ0n) is 20.6. The van der Waals surface area contributed by atoms with Gasteiger partial charge in [0, 0.05) is 37.6 Å². The quantitative estimate of drug-likeness (QED) is 0.409. The van der Waals surface area contributed by atoms with Gasteiger partial charge in [-0.3, -0.25) is 9.69 Å². The van der Waals surface area contributed by atoms with Gasteiger partial charge in [0.25, 0.3) is 5.91 Å². The second kappa shape index (κ2) is 10.3. The molecule has 1 aliphatic heterocycles. The van der Waals surface area contributed by atoms with Crippen LogP contribution in [0.5, 0.6) is 0 Å². The van der Waals surface area contributed by atoms with E-state index in [1.54, 1.807) is 19.9 Å². The molecule has 11 heteroatoms. The fourth-order valence-corrected chi connectivity index (χ4v) is 5.96. The summed E-state index contributed by atoms with van der Waals surface area (Å²) in [5, 5.41) is 14.1. The number of primary amides is 1. The largest absolute Gasteiger partial charge is 0.386 e. The Morgan fingerprint density at radius 2 is 1.81 bits per heavy atom. The number of amides is 1. The number of anilines is 2. The van der Waals surface area contributed by atoms with Crippen LogP contribution in [0.25, 0.3) is 10.4 Å². The third kappa shape index (κ3) is 6.29. The number of aliphatic hydroxyl groups is 1. The van der Waals surface area contributed by atoms with Crippen LogP contribution < -0.4 is 11.1 Å². The maximum atomic E-state index is 12.2. The standard InChI is InChI=1S/C25H31N5O4S2/c1-25(2,32)18-9-7-17(8-10-18)21-15-20(23(26)31)24(35-21)28-22-6-4-5-19(27-22)16-29-11-13-30(14-12-29)36(3,33)34/h4-10,15,32H,11-14,16H2,1-3H3,(H2,26,31)(H,27,28). The summed E-state index contributed by atoms with van der Waals surface area (Å²) < 4.78 is 25.0. The van der Waals surface area contributed by atoms with Crippen molar-refractivity contribution in [1.82, 2.24) is 14.2 Å². The molecule has 1 aromatic carbocycles. The van der Waals surface area contributed by atoms with Crippen molar-refractivity contribution in [2.75, 3.05) is 37.8 Å². The number of nitrogens with one attached hydrogen (secondary N) is 1. The molecule has 9 nitrogen and oxygen atoms in total. The molecular weight excluding hydrogens is 498 g/mol. The lowest BCUT2D eigenvalue weighted by Gasteiger charge is -2.32. The molecule has 1 amide bonds. The smallest absolute Gasteiger partial charge is 0.251 e. The van der Waals surface area contributed by atoms with Gasteiger partial charge in [0.15, 0.2) is 0 Å². The number of sulfonamides is 1. The van der Waals surface area contributed by atoms with Crippen LogP contribution in [0.4, 0.5) is 10.8 Å². The number of rotatable bonds is 8. The second-order valence-electron chi connectivity index (χ2n) is 9.43. The summed E-state index contributed by atoms with van der Waals surface area (Å²) in [7, 11) is -3.17. The molecule has 3 heterocycles. The number of nitrogens with zero attached hydrogens (tertiary/aromatic N) is 3. The Bertz CT molecular complexity index is 1340. The summed E-state index contributed by atoms with van der Waals surface area (Å²) in [4.78, 5) is 19.9. The van der Waals surface area contributed by atoms with Crippen molar-refractivity contribution in [2.45, 2.75) is 26.0 Å². The van der Waals surface area contributed by atoms with Crippen LogP contribution in [-0.4, -0.2) is 66.1 Å². The molecule has 3 aromatic rings. The molecule has 4 N–H and O–H groups in total. The molecule has 0 radical (unpaired) electrons. The Morgan fingerprint density at radius 3 is 2.39 bits per heavy atom. The van der Waals surface area contributed by atoms with Crippen molar-refractivity contribution in [1.29, 1.82) is 0 Å². The van der Waals surface area contributed by atoms with E-state index < -0.39 is 21.5 Å². The molecule has 1 aliphatic rings. The molecule has 0 atom stereocenters. The van der Waals surface area contributed by atoms with Crippen LogP contribution >= 0.6 is 11.3 Å². The van der Waals surface area contributed by atoms with Crippen LogP contribution in [0.2, 0.25) is 0 Å². The van der Waals surface area contributed by atoms with Crippen molar-refractivity contribution >= 4 is 38.1 Å². The minimum Gasteiger partial charge on any atom is -0.386 e. The van der Waals surface area contributed by atoms with Crippen molar-refractivity contribution in [3.63, 3.8) is 0 Å². The number of thiophene rings is 1. The van der Waals surface area contributed by atoms with E-state index in [1.807, 2.05) is 42.5 Å². The highest BCUT2D eigenvalue weighted by atomic mass is 32.2. The SMILES string of the molecule is CC(C)(O)c1ccc(-c2cc(C(N)=O)c(Nc3cccc(CN4CCN(S(C)(=O)=O)CC4)n3)s2)cc1. The zero-order chi connectivity index (χ0) is 26.1. The Hall–Kier alpha value is -2.83. The van der Waals surface area contributed by atoms with Crippen LogP contribution in [0, 0.1) is 0 Å². The lowest BCUT2D eigenvalue weighted by atomic mass is 9.97. The number of carbonyl (C=O) groups excluding carboxylic acids is 1. The third-order valence-corrected chi connectivity index (χ3v) is 8.51. The van der Waals surface area contributed by atoms with Crippen molar-refractivity contribution < 1.29 is 18.3 Å². The number of hydrogen-bond acceptors (Lipinski definition) is 8. The first-order valence-corrected chi connectivity index (χ1v) is 14.2. The van der Waals surface area contributed by atoms with Crippen LogP contribution in [0.15, 0.2) is 48.5 Å². The lowest BCUT2D eigenvalue weighted by Crippen LogP contribution is -2.47. The van der Waals surface area contributed by atoms with E-state index >= 15 is 0 Å². The number of nitrogens with two attached hydrogens (primary N) is 1. The predicted molar refractivity (Wildman–Crippen MR) is 143 cm³/mol. The van der Waals surface area contributed by atoms with E-state index in [-0.39, 0.29) is 0 Å². The van der Waals surface area contributed by atoms with Gasteiger partial charge in [-0.1, -0.05) is 30.3 Å². The maximum absolute atomic E-state index is 12.2. The van der Waals surface area contributed by atoms with E-state index in [9.17, 15) is 18.3 Å². The minimum absolute atomic E-state index is 0.380. The van der Waals surface area contributed by atoms with Gasteiger partial charge in [-0.15, -0.1) is 11.3 Å². The molecule has 0 bridgehead atoms. The van der Waals surface area contributed by atoms with E-state index in [1.165, 1.54) is 21.9 Å². The van der Waals surface area contributed by atoms with Gasteiger partial charge in [-0.2, -0.15) is 4.31 Å². The van der Waals surface area contributed by atoms with Crippen LogP contribution in [0.1, 0.15) is 35.5 Å². The van der Waals surface area contributed by atoms with Gasteiger partial charge in [-0.05, 0) is 43.2 Å². The number of pyridine rings is 1. The number of benzene rings is 1. The molecule has 0 aliphatic carbocycles. The molecule has 192 valence electrons. The highest BCUT2D eigenvalue weighted by molar-refractivity contribution is 7.88. The fraction of sp³-hybridized carbons (Fsp3) is 0.360. The van der Waals surface area contributed by atoms with Gasteiger partial charge in [0.05, 0.1) is 23.1 Å². The second-order valence-corrected chi connectivity index (χ2v) is 12.5. The van der Waals surface area contributed by atoms with Gasteiger partial charge in [0.1, 0.15) is 10.8 Å². The zero-order valence-corrected chi connectivity index (χ0v) is 22.2. The molecule has 2 aromatic heterocycles. The summed E-state index contributed by atoms with van der Waals surface area (Å²) in [6.07, 6.45) is 1.24. The molecule has 0 spiro atoms. The molecule has 0 saturated carbocycles. The Kier molecular flexibility index (Phi) is 7.48. The summed E-state index contributed by atoms with van der Waals surface area (Å²) in [5.41, 5.74) is 7.66. The van der Waals surface area contributed by atoms with Crippen LogP contribution in [0.3, 0.4) is 0 Å². The predicted octanol–water partition coefficient (Wildman–Crippen LogP) is 2.96. The van der Waals surface area contributed by atoms with Gasteiger partial charge in [0.2, 0.25) is 10.0 Å². The molecule has 1 fully saturated rings. The summed E-state index contributed by atoms with van der Waals surface area (Å²) in [6, 6.07) is 15.0. The molecule has 0 unspecified atom stereocenters. The normalized spacial score (nSPS) is 15.7. The van der Waals surface area contributed by atoms with Crippen LogP contribution in [-0.2, 0) is 22.2 Å². The van der Waals surface area contributed by atoms with Crippen molar-refractivity contribution in [3.05, 3.63) is 65.4 Å². The molecule has 1 saturated heterocycles. The third-order valence-electron chi connectivity index (χ3n) is 6.11. The Balaban J connectivity index is 1.49. The molecular formula is C25H31N5O4S2. The number of carbonyl (C=O) groups is 1.